The molecule has 3 aromatic rings. The van der Waals surface area contributed by atoms with E-state index in [1.165, 1.54) is 28.1 Å². The fourth-order valence-corrected chi connectivity index (χ4v) is 3.26. The van der Waals surface area contributed by atoms with E-state index in [-0.39, 0.29) is 0 Å². The zero-order valence-electron chi connectivity index (χ0n) is 17.1. The van der Waals surface area contributed by atoms with Crippen LogP contribution in [0.15, 0.2) is 97.0 Å². The number of hydrogen-bond donors (Lipinski definition) is 0. The molecule has 0 saturated carbocycles. The lowest BCUT2D eigenvalue weighted by atomic mass is 10.1. The van der Waals surface area contributed by atoms with E-state index in [1.54, 1.807) is 0 Å². The first-order valence-corrected chi connectivity index (χ1v) is 9.65. The number of benzene rings is 2. The highest BCUT2D eigenvalue weighted by Crippen LogP contribution is 2.28. The van der Waals surface area contributed by atoms with E-state index in [2.05, 4.69) is 72.3 Å². The Labute approximate surface area is 172 Å². The first-order chi connectivity index (χ1) is 14.2. The van der Waals surface area contributed by atoms with Crippen LogP contribution in [0.3, 0.4) is 0 Å². The first-order valence-electron chi connectivity index (χ1n) is 9.65. The third kappa shape index (κ3) is 4.66. The van der Waals surface area contributed by atoms with Crippen LogP contribution in [-0.4, -0.2) is 28.9 Å². The van der Waals surface area contributed by atoms with Crippen molar-refractivity contribution in [1.29, 1.82) is 0 Å². The van der Waals surface area contributed by atoms with Gasteiger partial charge in [0.2, 0.25) is 0 Å². The molecule has 0 aliphatic carbocycles. The fourth-order valence-electron chi connectivity index (χ4n) is 3.26. The van der Waals surface area contributed by atoms with Gasteiger partial charge in [0, 0.05) is 28.9 Å². The van der Waals surface area contributed by atoms with Gasteiger partial charge >= 0.3 is 0 Å². The number of aryl methyl sites for hydroxylation is 1. The van der Waals surface area contributed by atoms with E-state index in [9.17, 15) is 0 Å². The maximum absolute atomic E-state index is 5.27. The number of hydrazone groups is 1. The summed E-state index contributed by atoms with van der Waals surface area (Å²) in [6, 6.07) is 14.9. The molecule has 0 aliphatic rings. The summed E-state index contributed by atoms with van der Waals surface area (Å²) in [4.78, 5) is 0. The number of ether oxygens (including phenoxy) is 1. The van der Waals surface area contributed by atoms with Crippen LogP contribution in [0, 0.1) is 0 Å². The molecule has 0 unspecified atom stereocenters. The highest BCUT2D eigenvalue weighted by Gasteiger charge is 2.08. The average Bonchev–Trinajstić information content (AvgIpc) is 3.03. The van der Waals surface area contributed by atoms with Gasteiger partial charge in [-0.3, -0.25) is 5.01 Å². The molecule has 0 amide bonds. The zero-order valence-corrected chi connectivity index (χ0v) is 17.1. The molecule has 0 radical (unpaired) electrons. The van der Waals surface area contributed by atoms with Crippen molar-refractivity contribution in [3.8, 4) is 0 Å². The molecule has 2 aromatic carbocycles. The van der Waals surface area contributed by atoms with Crippen LogP contribution in [0.5, 0.6) is 0 Å². The van der Waals surface area contributed by atoms with Crippen molar-refractivity contribution >= 4 is 28.0 Å². The Morgan fingerprint density at radius 3 is 2.72 bits per heavy atom. The van der Waals surface area contributed by atoms with Crippen molar-refractivity contribution in [1.82, 2.24) is 9.58 Å². The normalized spacial score (nSPS) is 11.9. The number of nitrogens with zero attached hydrogens (tertiary/aromatic N) is 3. The molecule has 148 valence electrons. The molecule has 4 nitrogen and oxygen atoms in total. The minimum Gasteiger partial charge on any atom is -0.500 e. The van der Waals surface area contributed by atoms with Crippen LogP contribution >= 0.6 is 0 Å². The summed E-state index contributed by atoms with van der Waals surface area (Å²) in [5.41, 5.74) is 4.26. The van der Waals surface area contributed by atoms with Gasteiger partial charge < -0.3 is 9.30 Å². The third-order valence-electron chi connectivity index (χ3n) is 4.75. The van der Waals surface area contributed by atoms with Crippen molar-refractivity contribution in [2.75, 3.05) is 13.2 Å². The van der Waals surface area contributed by atoms with E-state index in [4.69, 9.17) is 4.74 Å². The monoisotopic (exact) mass is 385 g/mol. The quantitative estimate of drug-likeness (QED) is 0.154. The minimum absolute atomic E-state index is 0.486. The van der Waals surface area contributed by atoms with Crippen LogP contribution in [0.25, 0.3) is 21.8 Å². The van der Waals surface area contributed by atoms with Gasteiger partial charge in [-0.15, -0.1) is 0 Å². The number of rotatable bonds is 9. The molecule has 0 atom stereocenters. The summed E-state index contributed by atoms with van der Waals surface area (Å²) in [6.45, 7) is 10.7. The topological polar surface area (TPSA) is 29.8 Å². The molecular weight excluding hydrogens is 358 g/mol. The third-order valence-corrected chi connectivity index (χ3v) is 4.75. The number of aromatic nitrogens is 1. The van der Waals surface area contributed by atoms with Gasteiger partial charge in [0.15, 0.2) is 0 Å². The predicted octanol–water partition coefficient (Wildman–Crippen LogP) is 5.77. The molecule has 0 N–H and O–H groups in total. The highest BCUT2D eigenvalue weighted by molar-refractivity contribution is 6.09. The smallest absolute Gasteiger partial charge is 0.107 e. The predicted molar refractivity (Wildman–Crippen MR) is 124 cm³/mol. The summed E-state index contributed by atoms with van der Waals surface area (Å²) >= 11 is 0. The Bertz CT molecular complexity index is 1100. The van der Waals surface area contributed by atoms with Gasteiger partial charge in [-0.1, -0.05) is 55.7 Å². The SMILES string of the molecule is C=COCCN(/N=C/c1ccc2c(c1)c1ccccc1n2C)C(=C)/C=C\C=C/C. The van der Waals surface area contributed by atoms with E-state index < -0.39 is 0 Å². The lowest BCUT2D eigenvalue weighted by Gasteiger charge is -2.18. The van der Waals surface area contributed by atoms with Gasteiger partial charge in [0.05, 0.1) is 24.7 Å². The van der Waals surface area contributed by atoms with Crippen LogP contribution in [0.1, 0.15) is 12.5 Å². The molecule has 1 heterocycles. The first kappa shape index (κ1) is 20.2. The molecule has 0 saturated heterocycles. The van der Waals surface area contributed by atoms with Crippen molar-refractivity contribution in [2.45, 2.75) is 6.92 Å². The van der Waals surface area contributed by atoms with E-state index in [0.29, 0.717) is 13.2 Å². The maximum atomic E-state index is 5.27. The maximum Gasteiger partial charge on any atom is 0.107 e. The Morgan fingerprint density at radius 2 is 1.93 bits per heavy atom. The second kappa shape index (κ2) is 9.60. The largest absolute Gasteiger partial charge is 0.500 e. The molecule has 0 spiro atoms. The Morgan fingerprint density at radius 1 is 1.14 bits per heavy atom. The molecule has 29 heavy (non-hydrogen) atoms. The average molecular weight is 386 g/mol. The van der Waals surface area contributed by atoms with E-state index >= 15 is 0 Å². The summed E-state index contributed by atoms with van der Waals surface area (Å²) < 4.78 is 7.49. The summed E-state index contributed by atoms with van der Waals surface area (Å²) in [6.07, 6.45) is 11.1. The lowest BCUT2D eigenvalue weighted by Crippen LogP contribution is -2.20. The van der Waals surface area contributed by atoms with Crippen molar-refractivity contribution in [3.63, 3.8) is 0 Å². The second-order valence-corrected chi connectivity index (χ2v) is 6.63. The molecular formula is C25H27N3O. The van der Waals surface area contributed by atoms with Crippen molar-refractivity contribution in [3.05, 3.63) is 97.4 Å². The number of para-hydroxylation sites is 1. The van der Waals surface area contributed by atoms with Crippen molar-refractivity contribution < 1.29 is 4.74 Å². The number of hydrogen-bond acceptors (Lipinski definition) is 3. The van der Waals surface area contributed by atoms with Crippen LogP contribution in [0.4, 0.5) is 0 Å². The summed E-state index contributed by atoms with van der Waals surface area (Å²) in [5, 5.41) is 8.95. The summed E-state index contributed by atoms with van der Waals surface area (Å²) in [7, 11) is 2.10. The minimum atomic E-state index is 0.486. The second-order valence-electron chi connectivity index (χ2n) is 6.63. The van der Waals surface area contributed by atoms with Crippen LogP contribution in [-0.2, 0) is 11.8 Å². The zero-order chi connectivity index (χ0) is 20.6. The van der Waals surface area contributed by atoms with Gasteiger partial charge in [-0.25, -0.2) is 0 Å². The number of fused-ring (bicyclic) bond motifs is 3. The van der Waals surface area contributed by atoms with Gasteiger partial charge in [0.25, 0.3) is 0 Å². The standard InChI is InChI=1S/C25H27N3O/c1-5-7-8-11-20(3)28(16-17-29-6-2)26-19-21-14-15-25-23(18-21)22-12-9-10-13-24(22)27(25)4/h5-15,18-19H,2-3,16-17H2,1,4H3/b7-5-,11-8-,26-19+. The van der Waals surface area contributed by atoms with E-state index in [1.807, 2.05) is 42.5 Å². The summed E-state index contributed by atoms with van der Waals surface area (Å²) in [5.74, 6) is 0. The van der Waals surface area contributed by atoms with Crippen LogP contribution in [0.2, 0.25) is 0 Å². The molecule has 0 bridgehead atoms. The fraction of sp³-hybridized carbons (Fsp3) is 0.160. The lowest BCUT2D eigenvalue weighted by molar-refractivity contribution is 0.207. The van der Waals surface area contributed by atoms with Gasteiger partial charge in [-0.05, 0) is 36.8 Å². The molecule has 0 aliphatic heterocycles. The Hall–Kier alpha value is -3.53. The Kier molecular flexibility index (Phi) is 6.69. The van der Waals surface area contributed by atoms with Crippen molar-refractivity contribution in [2.24, 2.45) is 12.1 Å². The van der Waals surface area contributed by atoms with Gasteiger partial charge in [-0.2, -0.15) is 5.10 Å². The number of allylic oxidation sites excluding steroid dienone is 4. The molecule has 3 rings (SSSR count). The molecule has 1 aromatic heterocycles. The molecule has 0 fully saturated rings. The Balaban J connectivity index is 1.89. The van der Waals surface area contributed by atoms with E-state index in [0.717, 1.165) is 11.3 Å². The van der Waals surface area contributed by atoms with Gasteiger partial charge in [0.1, 0.15) is 6.61 Å². The van der Waals surface area contributed by atoms with Crippen LogP contribution < -0.4 is 0 Å². The highest BCUT2D eigenvalue weighted by atomic mass is 16.5. The molecule has 4 heteroatoms.